The third-order valence-corrected chi connectivity index (χ3v) is 6.56. The van der Waals surface area contributed by atoms with Crippen molar-refractivity contribution in [1.82, 2.24) is 10.1 Å². The Hall–Kier alpha value is -4.46. The summed E-state index contributed by atoms with van der Waals surface area (Å²) in [5, 5.41) is 16.2. The molecule has 2 aromatic carbocycles. The van der Waals surface area contributed by atoms with E-state index >= 15 is 0 Å². The molecule has 0 aliphatic heterocycles. The largest absolute Gasteiger partial charge is 0.481 e. The summed E-state index contributed by atoms with van der Waals surface area (Å²) in [5.41, 5.74) is 4.15. The summed E-state index contributed by atoms with van der Waals surface area (Å²) in [5.74, 6) is -0.397. The van der Waals surface area contributed by atoms with Crippen LogP contribution in [-0.4, -0.2) is 27.3 Å². The Morgan fingerprint density at radius 3 is 2.33 bits per heavy atom. The van der Waals surface area contributed by atoms with E-state index in [1.807, 2.05) is 66.7 Å². The van der Waals surface area contributed by atoms with Gasteiger partial charge < -0.3 is 14.4 Å². The predicted octanol–water partition coefficient (Wildman–Crippen LogP) is 6.14. The topological polar surface area (TPSA) is 115 Å². The maximum Gasteiger partial charge on any atom is 0.412 e. The van der Waals surface area contributed by atoms with Crippen LogP contribution in [0.25, 0.3) is 22.6 Å². The Morgan fingerprint density at radius 2 is 1.72 bits per heavy atom. The van der Waals surface area contributed by atoms with Gasteiger partial charge in [0.05, 0.1) is 11.1 Å². The van der Waals surface area contributed by atoms with E-state index in [-0.39, 0.29) is 0 Å². The number of pyridine rings is 1. The van der Waals surface area contributed by atoms with Gasteiger partial charge in [0.25, 0.3) is 0 Å². The van der Waals surface area contributed by atoms with Gasteiger partial charge in [-0.25, -0.2) is 4.79 Å². The molecule has 4 aromatic rings. The van der Waals surface area contributed by atoms with Gasteiger partial charge in [-0.2, -0.15) is 0 Å². The van der Waals surface area contributed by atoms with Crippen molar-refractivity contribution in [2.75, 3.05) is 5.32 Å². The van der Waals surface area contributed by atoms with Crippen molar-refractivity contribution < 1.29 is 24.0 Å². The highest BCUT2D eigenvalue weighted by molar-refractivity contribution is 5.91. The van der Waals surface area contributed by atoms with Crippen LogP contribution in [0.5, 0.6) is 0 Å². The zero-order valence-corrected chi connectivity index (χ0v) is 19.9. The van der Waals surface area contributed by atoms with Crippen LogP contribution in [0, 0.1) is 6.92 Å². The number of aromatic nitrogens is 2. The van der Waals surface area contributed by atoms with Crippen molar-refractivity contribution in [3.05, 3.63) is 89.7 Å². The van der Waals surface area contributed by atoms with Crippen molar-refractivity contribution in [3.8, 4) is 22.6 Å². The molecule has 1 saturated carbocycles. The van der Waals surface area contributed by atoms with Gasteiger partial charge in [0.1, 0.15) is 17.5 Å². The van der Waals surface area contributed by atoms with Crippen LogP contribution in [0.3, 0.4) is 0 Å². The molecular formula is C28H25N3O5. The first-order valence-electron chi connectivity index (χ1n) is 11.7. The lowest BCUT2D eigenvalue weighted by Gasteiger charge is -2.14. The van der Waals surface area contributed by atoms with Gasteiger partial charge in [0.15, 0.2) is 5.76 Å². The van der Waals surface area contributed by atoms with Crippen molar-refractivity contribution in [3.63, 3.8) is 0 Å². The van der Waals surface area contributed by atoms with Gasteiger partial charge in [-0.05, 0) is 49.9 Å². The molecule has 182 valence electrons. The molecule has 2 aromatic heterocycles. The molecule has 5 rings (SSSR count). The summed E-state index contributed by atoms with van der Waals surface area (Å²) in [4.78, 5) is 28.7. The average Bonchev–Trinajstić information content (AvgIpc) is 3.64. The van der Waals surface area contributed by atoms with Crippen LogP contribution in [0.4, 0.5) is 10.5 Å². The zero-order chi connectivity index (χ0) is 25.3. The number of carbonyl (C=O) groups excluding carboxylic acids is 1. The standard InChI is InChI=1S/C28H25N3O5/c1-17-24(30-27(34)35-18(2)19-6-4-3-5-7-19)25(36-31-17)21-10-13-23(29-16-21)20-8-11-22(12-9-20)28(14-15-28)26(32)33/h3-13,16,18H,14-15H2,1-2H3,(H,30,34)(H,32,33). The number of benzene rings is 2. The second-order valence-corrected chi connectivity index (χ2v) is 8.95. The third kappa shape index (κ3) is 4.45. The summed E-state index contributed by atoms with van der Waals surface area (Å²) in [6, 6.07) is 20.6. The molecule has 8 heteroatoms. The first kappa shape index (κ1) is 23.3. The number of nitrogens with one attached hydrogen (secondary N) is 1. The maximum atomic E-state index is 12.6. The fourth-order valence-electron chi connectivity index (χ4n) is 4.21. The number of aliphatic carboxylic acids is 1. The van der Waals surface area contributed by atoms with Crippen LogP contribution >= 0.6 is 0 Å². The number of hydrogen-bond donors (Lipinski definition) is 2. The van der Waals surface area contributed by atoms with Crippen molar-refractivity contribution in [2.24, 2.45) is 0 Å². The summed E-state index contributed by atoms with van der Waals surface area (Å²) in [6.45, 7) is 3.54. The number of rotatable bonds is 7. The van der Waals surface area contributed by atoms with Gasteiger partial charge in [0, 0.05) is 17.3 Å². The quantitative estimate of drug-likeness (QED) is 0.324. The van der Waals surface area contributed by atoms with E-state index in [9.17, 15) is 14.7 Å². The van der Waals surface area contributed by atoms with Gasteiger partial charge >= 0.3 is 12.1 Å². The number of amides is 1. The SMILES string of the molecule is Cc1noc(-c2ccc(-c3ccc(C4(C(=O)O)CC4)cc3)nc2)c1NC(=O)OC(C)c1ccccc1. The minimum Gasteiger partial charge on any atom is -0.481 e. The Kier molecular flexibility index (Phi) is 6.01. The summed E-state index contributed by atoms with van der Waals surface area (Å²) in [6.07, 6.45) is 1.94. The number of ether oxygens (including phenoxy) is 1. The minimum atomic E-state index is -0.775. The fraction of sp³-hybridized carbons (Fsp3) is 0.214. The van der Waals surface area contributed by atoms with Crippen LogP contribution in [-0.2, 0) is 14.9 Å². The first-order valence-corrected chi connectivity index (χ1v) is 11.7. The van der Waals surface area contributed by atoms with Crippen LogP contribution in [0.1, 0.15) is 42.7 Å². The monoisotopic (exact) mass is 483 g/mol. The second kappa shape index (κ2) is 9.30. The molecule has 1 aliphatic carbocycles. The van der Waals surface area contributed by atoms with Gasteiger partial charge in [-0.3, -0.25) is 15.1 Å². The number of aryl methyl sites for hydroxylation is 1. The highest BCUT2D eigenvalue weighted by Crippen LogP contribution is 2.48. The number of carbonyl (C=O) groups is 2. The Morgan fingerprint density at radius 1 is 1.03 bits per heavy atom. The molecule has 8 nitrogen and oxygen atoms in total. The van der Waals surface area contributed by atoms with Gasteiger partial charge in [-0.15, -0.1) is 0 Å². The molecular weight excluding hydrogens is 458 g/mol. The van der Waals surface area contributed by atoms with E-state index in [1.165, 1.54) is 0 Å². The average molecular weight is 484 g/mol. The molecule has 1 atom stereocenters. The van der Waals surface area contributed by atoms with Gasteiger partial charge in [-0.1, -0.05) is 59.8 Å². The van der Waals surface area contributed by atoms with Crippen LogP contribution in [0.15, 0.2) is 77.4 Å². The van der Waals surface area contributed by atoms with Crippen molar-refractivity contribution >= 4 is 17.7 Å². The van der Waals surface area contributed by atoms with E-state index in [2.05, 4.69) is 15.5 Å². The maximum absolute atomic E-state index is 12.6. The highest BCUT2D eigenvalue weighted by atomic mass is 16.6. The zero-order valence-electron chi connectivity index (χ0n) is 19.9. The Bertz CT molecular complexity index is 1390. The molecule has 2 N–H and O–H groups in total. The number of carboxylic acid groups (broad SMARTS) is 1. The van der Waals surface area contributed by atoms with Crippen LogP contribution < -0.4 is 5.32 Å². The van der Waals surface area contributed by atoms with Crippen LogP contribution in [0.2, 0.25) is 0 Å². The lowest BCUT2D eigenvalue weighted by Crippen LogP contribution is -2.19. The molecule has 1 aliphatic rings. The van der Waals surface area contributed by atoms with Gasteiger partial charge in [0.2, 0.25) is 0 Å². The Labute approximate surface area is 207 Å². The minimum absolute atomic E-state index is 0.378. The number of carboxylic acids is 1. The van der Waals surface area contributed by atoms with E-state index in [4.69, 9.17) is 9.26 Å². The molecule has 1 unspecified atom stereocenters. The summed E-state index contributed by atoms with van der Waals surface area (Å²) in [7, 11) is 0. The molecule has 36 heavy (non-hydrogen) atoms. The van der Waals surface area contributed by atoms with E-state index in [0.717, 1.165) is 22.4 Å². The second-order valence-electron chi connectivity index (χ2n) is 8.95. The normalized spacial score (nSPS) is 14.6. The number of nitrogens with zero attached hydrogens (tertiary/aromatic N) is 2. The first-order chi connectivity index (χ1) is 17.4. The molecule has 1 fully saturated rings. The highest BCUT2D eigenvalue weighted by Gasteiger charge is 2.51. The molecule has 2 heterocycles. The number of anilines is 1. The summed E-state index contributed by atoms with van der Waals surface area (Å²) >= 11 is 0. The molecule has 0 bridgehead atoms. The van der Waals surface area contributed by atoms with E-state index in [1.54, 1.807) is 20.0 Å². The Balaban J connectivity index is 1.30. The van der Waals surface area contributed by atoms with Crippen molar-refractivity contribution in [2.45, 2.75) is 38.2 Å². The molecule has 0 radical (unpaired) electrons. The third-order valence-electron chi connectivity index (χ3n) is 6.56. The molecule has 0 saturated heterocycles. The smallest absolute Gasteiger partial charge is 0.412 e. The van der Waals surface area contributed by atoms with Crippen molar-refractivity contribution in [1.29, 1.82) is 0 Å². The summed E-state index contributed by atoms with van der Waals surface area (Å²) < 4.78 is 11.0. The number of hydrogen-bond acceptors (Lipinski definition) is 6. The fourth-order valence-corrected chi connectivity index (χ4v) is 4.21. The molecule has 0 spiro atoms. The molecule has 1 amide bonds. The van der Waals surface area contributed by atoms with E-state index < -0.39 is 23.6 Å². The van der Waals surface area contributed by atoms with E-state index in [0.29, 0.717) is 35.5 Å². The lowest BCUT2D eigenvalue weighted by atomic mass is 9.94. The lowest BCUT2D eigenvalue weighted by molar-refractivity contribution is -0.140. The predicted molar refractivity (Wildman–Crippen MR) is 133 cm³/mol.